The minimum absolute atomic E-state index is 0.335. The summed E-state index contributed by atoms with van der Waals surface area (Å²) in [4.78, 5) is 2.54. The lowest BCUT2D eigenvalue weighted by molar-refractivity contribution is 0.0966. The van der Waals surface area contributed by atoms with Gasteiger partial charge in [0.15, 0.2) is 0 Å². The Morgan fingerprint density at radius 3 is 2.73 bits per heavy atom. The zero-order valence-electron chi connectivity index (χ0n) is 9.29. The van der Waals surface area contributed by atoms with Crippen LogP contribution in [-0.2, 0) is 12.1 Å². The summed E-state index contributed by atoms with van der Waals surface area (Å²) in [5.41, 5.74) is 3.44. The predicted octanol–water partition coefficient (Wildman–Crippen LogP) is 1.71. The van der Waals surface area contributed by atoms with E-state index >= 15 is 0 Å². The van der Waals surface area contributed by atoms with Crippen LogP contribution in [0.2, 0.25) is 0 Å². The van der Waals surface area contributed by atoms with E-state index in [4.69, 9.17) is 0 Å². The van der Waals surface area contributed by atoms with Gasteiger partial charge in [0.25, 0.3) is 0 Å². The molecule has 2 heterocycles. The van der Waals surface area contributed by atoms with Crippen molar-refractivity contribution in [3.8, 4) is 0 Å². The number of benzene rings is 1. The molecular formula is C13H18N2. The number of nitrogens with one attached hydrogen (secondary N) is 1. The van der Waals surface area contributed by atoms with E-state index in [0.29, 0.717) is 5.54 Å². The fraction of sp³-hybridized carbons (Fsp3) is 0.538. The number of fused-ring (bicyclic) bond motifs is 2. The van der Waals surface area contributed by atoms with E-state index in [-0.39, 0.29) is 0 Å². The lowest BCUT2D eigenvalue weighted by Gasteiger charge is -2.40. The minimum Gasteiger partial charge on any atom is -0.317 e. The number of piperidine rings is 1. The Labute approximate surface area is 91.3 Å². The van der Waals surface area contributed by atoms with Crippen molar-refractivity contribution in [3.05, 3.63) is 35.4 Å². The van der Waals surface area contributed by atoms with Crippen molar-refractivity contribution in [3.63, 3.8) is 0 Å². The van der Waals surface area contributed by atoms with Gasteiger partial charge in [-0.05, 0) is 44.1 Å². The van der Waals surface area contributed by atoms with Gasteiger partial charge in [-0.15, -0.1) is 0 Å². The van der Waals surface area contributed by atoms with Gasteiger partial charge in [-0.2, -0.15) is 0 Å². The summed E-state index contributed by atoms with van der Waals surface area (Å²) in [7, 11) is 2.27. The van der Waals surface area contributed by atoms with Gasteiger partial charge in [0.1, 0.15) is 0 Å². The molecule has 1 saturated heterocycles. The number of hydrogen-bond acceptors (Lipinski definition) is 2. The first-order chi connectivity index (χ1) is 7.33. The quantitative estimate of drug-likeness (QED) is 0.689. The highest BCUT2D eigenvalue weighted by molar-refractivity contribution is 5.38. The molecule has 1 fully saturated rings. The molecule has 1 spiro atoms. The Balaban J connectivity index is 2.07. The molecule has 2 heteroatoms. The lowest BCUT2D eigenvalue weighted by atomic mass is 9.81. The van der Waals surface area contributed by atoms with Crippen LogP contribution in [0.15, 0.2) is 24.3 Å². The van der Waals surface area contributed by atoms with Crippen LogP contribution in [0.3, 0.4) is 0 Å². The minimum atomic E-state index is 0.335. The topological polar surface area (TPSA) is 15.3 Å². The molecular weight excluding hydrogens is 184 g/mol. The molecule has 2 aliphatic rings. The summed E-state index contributed by atoms with van der Waals surface area (Å²) >= 11 is 0. The zero-order valence-corrected chi connectivity index (χ0v) is 9.29. The van der Waals surface area contributed by atoms with Gasteiger partial charge in [0.05, 0.1) is 0 Å². The number of rotatable bonds is 0. The molecule has 0 aromatic heterocycles. The Bertz CT molecular complexity index is 367. The second kappa shape index (κ2) is 3.32. The zero-order chi connectivity index (χ0) is 10.3. The molecule has 3 rings (SSSR count). The highest BCUT2D eigenvalue weighted by Crippen LogP contribution is 2.43. The smallest absolute Gasteiger partial charge is 0.0488 e. The van der Waals surface area contributed by atoms with Crippen molar-refractivity contribution in [1.82, 2.24) is 10.2 Å². The van der Waals surface area contributed by atoms with Crippen LogP contribution in [0, 0.1) is 0 Å². The Morgan fingerprint density at radius 2 is 1.93 bits per heavy atom. The summed E-state index contributed by atoms with van der Waals surface area (Å²) in [5.74, 6) is 0. The SMILES string of the molecule is CN1Cc2ccccc2C12CCNCC2. The van der Waals surface area contributed by atoms with Crippen molar-refractivity contribution in [2.45, 2.75) is 24.9 Å². The van der Waals surface area contributed by atoms with Crippen LogP contribution in [0.25, 0.3) is 0 Å². The Kier molecular flexibility index (Phi) is 2.08. The monoisotopic (exact) mass is 202 g/mol. The molecule has 15 heavy (non-hydrogen) atoms. The molecule has 0 atom stereocenters. The maximum absolute atomic E-state index is 3.46. The lowest BCUT2D eigenvalue weighted by Crippen LogP contribution is -2.46. The third-order valence-corrected chi connectivity index (χ3v) is 4.09. The van der Waals surface area contributed by atoms with Crippen LogP contribution in [0.1, 0.15) is 24.0 Å². The van der Waals surface area contributed by atoms with Crippen LogP contribution >= 0.6 is 0 Å². The highest BCUT2D eigenvalue weighted by atomic mass is 15.2. The molecule has 0 aliphatic carbocycles. The molecule has 1 N–H and O–H groups in total. The van der Waals surface area contributed by atoms with Crippen LogP contribution in [-0.4, -0.2) is 25.0 Å². The van der Waals surface area contributed by atoms with Gasteiger partial charge in [-0.1, -0.05) is 24.3 Å². The van der Waals surface area contributed by atoms with Crippen LogP contribution in [0.5, 0.6) is 0 Å². The van der Waals surface area contributed by atoms with Crippen molar-refractivity contribution < 1.29 is 0 Å². The van der Waals surface area contributed by atoms with Gasteiger partial charge in [-0.3, -0.25) is 4.90 Å². The summed E-state index contributed by atoms with van der Waals surface area (Å²) in [5, 5.41) is 3.46. The fourth-order valence-electron chi connectivity index (χ4n) is 3.22. The second-order valence-electron chi connectivity index (χ2n) is 4.79. The first-order valence-electron chi connectivity index (χ1n) is 5.83. The standard InChI is InChI=1S/C13H18N2/c1-15-10-11-4-2-3-5-12(11)13(15)6-8-14-9-7-13/h2-5,14H,6-10H2,1H3. The average molecular weight is 202 g/mol. The molecule has 0 bridgehead atoms. The fourth-order valence-corrected chi connectivity index (χ4v) is 3.22. The molecule has 80 valence electrons. The van der Waals surface area contributed by atoms with E-state index in [1.165, 1.54) is 18.4 Å². The largest absolute Gasteiger partial charge is 0.317 e. The van der Waals surface area contributed by atoms with E-state index in [9.17, 15) is 0 Å². The van der Waals surface area contributed by atoms with Gasteiger partial charge < -0.3 is 5.32 Å². The first-order valence-corrected chi connectivity index (χ1v) is 5.83. The van der Waals surface area contributed by atoms with E-state index in [2.05, 4.69) is 41.5 Å². The summed E-state index contributed by atoms with van der Waals surface area (Å²) in [6.45, 7) is 3.42. The van der Waals surface area contributed by atoms with Crippen LogP contribution < -0.4 is 5.32 Å². The average Bonchev–Trinajstić information content (AvgIpc) is 2.55. The molecule has 1 aromatic carbocycles. The van der Waals surface area contributed by atoms with E-state index in [0.717, 1.165) is 19.6 Å². The molecule has 1 aromatic rings. The van der Waals surface area contributed by atoms with E-state index < -0.39 is 0 Å². The van der Waals surface area contributed by atoms with E-state index in [1.807, 2.05) is 0 Å². The summed E-state index contributed by atoms with van der Waals surface area (Å²) < 4.78 is 0. The second-order valence-corrected chi connectivity index (χ2v) is 4.79. The molecule has 0 saturated carbocycles. The maximum Gasteiger partial charge on any atom is 0.0488 e. The predicted molar refractivity (Wildman–Crippen MR) is 61.7 cm³/mol. The highest BCUT2D eigenvalue weighted by Gasteiger charge is 2.43. The van der Waals surface area contributed by atoms with Gasteiger partial charge in [0.2, 0.25) is 0 Å². The molecule has 0 radical (unpaired) electrons. The van der Waals surface area contributed by atoms with Crippen LogP contribution in [0.4, 0.5) is 0 Å². The van der Waals surface area contributed by atoms with E-state index in [1.54, 1.807) is 5.56 Å². The normalized spacial score (nSPS) is 24.3. The van der Waals surface area contributed by atoms with Gasteiger partial charge >= 0.3 is 0 Å². The first kappa shape index (κ1) is 9.37. The van der Waals surface area contributed by atoms with Crippen molar-refractivity contribution >= 4 is 0 Å². The third-order valence-electron chi connectivity index (χ3n) is 4.09. The van der Waals surface area contributed by atoms with Crippen molar-refractivity contribution in [1.29, 1.82) is 0 Å². The number of nitrogens with zero attached hydrogens (tertiary/aromatic N) is 1. The maximum atomic E-state index is 3.46. The Morgan fingerprint density at radius 1 is 1.20 bits per heavy atom. The number of hydrogen-bond donors (Lipinski definition) is 1. The molecule has 2 nitrogen and oxygen atoms in total. The summed E-state index contributed by atoms with van der Waals surface area (Å²) in [6, 6.07) is 8.95. The van der Waals surface area contributed by atoms with Gasteiger partial charge in [-0.25, -0.2) is 0 Å². The molecule has 0 amide bonds. The molecule has 0 unspecified atom stereocenters. The summed E-state index contributed by atoms with van der Waals surface area (Å²) in [6.07, 6.45) is 2.50. The van der Waals surface area contributed by atoms with Crippen molar-refractivity contribution in [2.24, 2.45) is 0 Å². The van der Waals surface area contributed by atoms with Gasteiger partial charge in [0, 0.05) is 12.1 Å². The Hall–Kier alpha value is -0.860. The third kappa shape index (κ3) is 1.25. The molecule has 2 aliphatic heterocycles. The van der Waals surface area contributed by atoms with Crippen molar-refractivity contribution in [2.75, 3.05) is 20.1 Å².